The third-order valence-electron chi connectivity index (χ3n) is 5.80. The maximum atomic E-state index is 14.0. The first-order valence-corrected chi connectivity index (χ1v) is 10.9. The van der Waals surface area contributed by atoms with Crippen molar-refractivity contribution in [3.63, 3.8) is 0 Å². The second-order valence-corrected chi connectivity index (χ2v) is 9.86. The molecule has 3 atom stereocenters. The summed E-state index contributed by atoms with van der Waals surface area (Å²) in [5.41, 5.74) is -0.972. The number of sulfonamides is 1. The van der Waals surface area contributed by atoms with E-state index in [4.69, 9.17) is 5.14 Å². The maximum absolute atomic E-state index is 14.0. The van der Waals surface area contributed by atoms with Crippen molar-refractivity contribution in [2.24, 2.45) is 11.1 Å². The van der Waals surface area contributed by atoms with Gasteiger partial charge in [-0.05, 0) is 50.9 Å². The predicted molar refractivity (Wildman–Crippen MR) is 92.3 cm³/mol. The highest BCUT2D eigenvalue weighted by Gasteiger charge is 2.39. The molecule has 1 aromatic heterocycles. The fourth-order valence-electron chi connectivity index (χ4n) is 4.52. The lowest BCUT2D eigenvalue weighted by molar-refractivity contribution is -0.141. The summed E-state index contributed by atoms with van der Waals surface area (Å²) in [6.45, 7) is 1.90. The molecule has 0 aromatic carbocycles. The minimum Gasteiger partial charge on any atom is -0.331 e. The molecule has 27 heavy (non-hydrogen) atoms. The van der Waals surface area contributed by atoms with E-state index in [0.717, 1.165) is 6.20 Å². The molecule has 0 saturated heterocycles. The van der Waals surface area contributed by atoms with E-state index < -0.39 is 33.3 Å². The zero-order chi connectivity index (χ0) is 20.0. The predicted octanol–water partition coefficient (Wildman–Crippen LogP) is 3.92. The zero-order valence-electron chi connectivity index (χ0n) is 15.1. The van der Waals surface area contributed by atoms with Crippen LogP contribution < -0.4 is 5.14 Å². The normalized spacial score (nSPS) is 33.2. The molecule has 0 radical (unpaired) electrons. The highest BCUT2D eigenvalue weighted by molar-refractivity contribution is 7.89. The number of primary sulfonamides is 1. The van der Waals surface area contributed by atoms with E-state index in [1.165, 1.54) is 4.57 Å². The van der Waals surface area contributed by atoms with Crippen LogP contribution in [0.1, 0.15) is 75.3 Å². The van der Waals surface area contributed by atoms with Gasteiger partial charge in [0.25, 0.3) is 0 Å². The highest BCUT2D eigenvalue weighted by atomic mass is 32.2. The summed E-state index contributed by atoms with van der Waals surface area (Å²) in [5, 5.41) is 4.54. The van der Waals surface area contributed by atoms with Crippen LogP contribution in [0, 0.1) is 5.92 Å². The monoisotopic (exact) mass is 411 g/mol. The van der Waals surface area contributed by atoms with Gasteiger partial charge in [-0.3, -0.25) is 0 Å². The maximum Gasteiger partial charge on any atom is 0.434 e. The van der Waals surface area contributed by atoms with E-state index in [-0.39, 0.29) is 30.1 Å². The molecule has 1 heterocycles. The molecular weight excluding hydrogens is 386 g/mol. The molecular formula is C17H25F4N3O2S. The number of nitrogens with zero attached hydrogens (tertiary/aromatic N) is 2. The third-order valence-corrected chi connectivity index (χ3v) is 7.20. The van der Waals surface area contributed by atoms with Crippen molar-refractivity contribution in [1.82, 2.24) is 9.55 Å². The Morgan fingerprint density at radius 1 is 1.15 bits per heavy atom. The van der Waals surface area contributed by atoms with Gasteiger partial charge in [-0.15, -0.1) is 0 Å². The molecule has 3 rings (SSSR count). The Balaban J connectivity index is 1.89. The van der Waals surface area contributed by atoms with Crippen molar-refractivity contribution in [2.45, 2.75) is 81.4 Å². The second-order valence-electron chi connectivity index (χ2n) is 8.02. The summed E-state index contributed by atoms with van der Waals surface area (Å²) in [7, 11) is -3.65. The lowest BCUT2D eigenvalue weighted by atomic mass is 9.80. The van der Waals surface area contributed by atoms with E-state index >= 15 is 0 Å². The van der Waals surface area contributed by atoms with Crippen molar-refractivity contribution in [1.29, 1.82) is 0 Å². The van der Waals surface area contributed by atoms with E-state index in [0.29, 0.717) is 38.5 Å². The minimum absolute atomic E-state index is 0.0800. The van der Waals surface area contributed by atoms with Crippen LogP contribution in [0.5, 0.6) is 0 Å². The van der Waals surface area contributed by atoms with Crippen molar-refractivity contribution >= 4 is 10.0 Å². The fraction of sp³-hybridized carbons (Fsp3) is 0.824. The molecule has 2 unspecified atom stereocenters. The average molecular weight is 411 g/mol. The number of aromatic nitrogens is 2. The largest absolute Gasteiger partial charge is 0.434 e. The molecule has 154 valence electrons. The van der Waals surface area contributed by atoms with Crippen LogP contribution in [0.15, 0.2) is 6.20 Å². The summed E-state index contributed by atoms with van der Waals surface area (Å²) >= 11 is 0. The van der Waals surface area contributed by atoms with E-state index in [1.807, 2.05) is 6.92 Å². The number of alkyl halides is 4. The zero-order valence-corrected chi connectivity index (χ0v) is 15.9. The minimum atomic E-state index is -4.58. The Bertz CT molecular complexity index is 760. The molecule has 1 aromatic rings. The standard InChI is InChI=1S/C17H25F4N3O2S/c1-10-6-11(8-12(18)7-10)16-23-15(17(19,20)21)9-24(16)13-2-4-14(5-3-13)27(22,25)26/h9-14H,2-8H2,1H3,(H2,22,25,26)/t10?,11?,12-,13?,14?/m1/s1. The number of halogens is 4. The summed E-state index contributed by atoms with van der Waals surface area (Å²) < 4.78 is 78.3. The number of rotatable bonds is 3. The van der Waals surface area contributed by atoms with Gasteiger partial charge in [-0.2, -0.15) is 13.2 Å². The van der Waals surface area contributed by atoms with Crippen LogP contribution in [0.4, 0.5) is 17.6 Å². The Kier molecular flexibility index (Phi) is 5.60. The van der Waals surface area contributed by atoms with Gasteiger partial charge in [-0.1, -0.05) is 6.92 Å². The Labute approximate surface area is 156 Å². The molecule has 2 aliphatic rings. The van der Waals surface area contributed by atoms with Crippen LogP contribution >= 0.6 is 0 Å². The van der Waals surface area contributed by atoms with E-state index in [1.54, 1.807) is 0 Å². The molecule has 2 N–H and O–H groups in total. The van der Waals surface area contributed by atoms with Crippen molar-refractivity contribution < 1.29 is 26.0 Å². The van der Waals surface area contributed by atoms with E-state index in [2.05, 4.69) is 4.98 Å². The van der Waals surface area contributed by atoms with E-state index in [9.17, 15) is 26.0 Å². The van der Waals surface area contributed by atoms with Gasteiger partial charge in [-0.25, -0.2) is 22.9 Å². The number of hydrogen-bond donors (Lipinski definition) is 1. The van der Waals surface area contributed by atoms with Gasteiger partial charge >= 0.3 is 6.18 Å². The highest BCUT2D eigenvalue weighted by Crippen LogP contribution is 2.42. The SMILES string of the molecule is CC1CC(c2nc(C(F)(F)F)cn2C2CCC(S(N)(=O)=O)CC2)C[C@H](F)C1. The van der Waals surface area contributed by atoms with Crippen molar-refractivity contribution in [3.05, 3.63) is 17.7 Å². The van der Waals surface area contributed by atoms with Crippen LogP contribution in [-0.4, -0.2) is 29.4 Å². The number of nitrogens with two attached hydrogens (primary N) is 1. The quantitative estimate of drug-likeness (QED) is 0.766. The molecule has 0 spiro atoms. The summed E-state index contributed by atoms with van der Waals surface area (Å²) in [6, 6.07) is -0.281. The van der Waals surface area contributed by atoms with Gasteiger partial charge < -0.3 is 4.57 Å². The van der Waals surface area contributed by atoms with Gasteiger partial charge in [0.15, 0.2) is 5.69 Å². The average Bonchev–Trinajstić information content (AvgIpc) is 2.99. The van der Waals surface area contributed by atoms with Crippen LogP contribution in [0.2, 0.25) is 0 Å². The topological polar surface area (TPSA) is 78.0 Å². The molecule has 2 saturated carbocycles. The fourth-order valence-corrected chi connectivity index (χ4v) is 5.45. The first-order valence-electron chi connectivity index (χ1n) is 9.26. The third kappa shape index (κ3) is 4.64. The van der Waals surface area contributed by atoms with Crippen molar-refractivity contribution in [2.75, 3.05) is 0 Å². The van der Waals surface area contributed by atoms with Crippen LogP contribution in [-0.2, 0) is 16.2 Å². The van der Waals surface area contributed by atoms with Gasteiger partial charge in [0.05, 0.1) is 5.25 Å². The van der Waals surface area contributed by atoms with Crippen LogP contribution in [0.3, 0.4) is 0 Å². The Morgan fingerprint density at radius 3 is 2.30 bits per heavy atom. The molecule has 5 nitrogen and oxygen atoms in total. The van der Waals surface area contributed by atoms with Gasteiger partial charge in [0, 0.05) is 18.2 Å². The first kappa shape index (κ1) is 20.6. The lowest BCUT2D eigenvalue weighted by Crippen LogP contribution is -2.33. The Morgan fingerprint density at radius 2 is 1.78 bits per heavy atom. The summed E-state index contributed by atoms with van der Waals surface area (Å²) in [6.07, 6.45) is -2.01. The number of hydrogen-bond acceptors (Lipinski definition) is 3. The second kappa shape index (κ2) is 7.35. The van der Waals surface area contributed by atoms with Gasteiger partial charge in [0.1, 0.15) is 12.0 Å². The Hall–Kier alpha value is -1.16. The molecule has 0 aliphatic heterocycles. The van der Waals surface area contributed by atoms with Crippen molar-refractivity contribution in [3.8, 4) is 0 Å². The summed E-state index contributed by atoms with van der Waals surface area (Å²) in [5.74, 6) is -0.0113. The molecule has 2 aliphatic carbocycles. The smallest absolute Gasteiger partial charge is 0.331 e. The van der Waals surface area contributed by atoms with Gasteiger partial charge in [0.2, 0.25) is 10.0 Å². The molecule has 0 bridgehead atoms. The molecule has 2 fully saturated rings. The lowest BCUT2D eigenvalue weighted by Gasteiger charge is -2.33. The molecule has 0 amide bonds. The summed E-state index contributed by atoms with van der Waals surface area (Å²) in [4.78, 5) is 3.85. The molecule has 10 heteroatoms. The van der Waals surface area contributed by atoms with Crippen LogP contribution in [0.25, 0.3) is 0 Å². The first-order chi connectivity index (χ1) is 12.4. The number of imidazole rings is 1.